The third-order valence-electron chi connectivity index (χ3n) is 5.10. The van der Waals surface area contributed by atoms with Crippen LogP contribution in [0.5, 0.6) is 11.5 Å². The fourth-order valence-corrected chi connectivity index (χ4v) is 3.57. The van der Waals surface area contributed by atoms with Gasteiger partial charge in [0.2, 0.25) is 5.91 Å². The summed E-state index contributed by atoms with van der Waals surface area (Å²) in [5, 5.41) is 2.95. The van der Waals surface area contributed by atoms with Crippen LogP contribution in [0.25, 0.3) is 11.0 Å². The Balaban J connectivity index is 1.41. The summed E-state index contributed by atoms with van der Waals surface area (Å²) < 4.78 is 15.9. The molecule has 0 bridgehead atoms. The van der Waals surface area contributed by atoms with E-state index in [1.54, 1.807) is 20.3 Å². The molecule has 8 nitrogen and oxygen atoms in total. The molecule has 1 aromatic heterocycles. The van der Waals surface area contributed by atoms with E-state index in [2.05, 4.69) is 20.2 Å². The second-order valence-corrected chi connectivity index (χ2v) is 7.22. The number of ether oxygens (including phenoxy) is 3. The van der Waals surface area contributed by atoms with Gasteiger partial charge in [0.05, 0.1) is 51.4 Å². The number of anilines is 1. The molecule has 0 spiro atoms. The van der Waals surface area contributed by atoms with E-state index in [0.717, 1.165) is 61.0 Å². The largest absolute Gasteiger partial charge is 0.493 e. The van der Waals surface area contributed by atoms with Crippen molar-refractivity contribution in [2.45, 2.75) is 13.0 Å². The predicted molar refractivity (Wildman–Crippen MR) is 114 cm³/mol. The highest BCUT2D eigenvalue weighted by Gasteiger charge is 2.14. The first-order valence-corrected chi connectivity index (χ1v) is 9.94. The number of aromatic nitrogens is 2. The zero-order valence-electron chi connectivity index (χ0n) is 17.2. The SMILES string of the molecule is COc1ccc(CC(=O)Nc2ccc3nc(CN4CCOCC4)[nH]c3c2)cc1OC. The average molecular weight is 410 g/mol. The Morgan fingerprint density at radius 3 is 2.70 bits per heavy atom. The van der Waals surface area contributed by atoms with Crippen LogP contribution in [0, 0.1) is 0 Å². The molecule has 8 heteroatoms. The Labute approximate surface area is 175 Å². The lowest BCUT2D eigenvalue weighted by Gasteiger charge is -2.25. The molecular weight excluding hydrogens is 384 g/mol. The zero-order valence-corrected chi connectivity index (χ0v) is 17.2. The number of fused-ring (bicyclic) bond motifs is 1. The summed E-state index contributed by atoms with van der Waals surface area (Å²) in [6.07, 6.45) is 0.240. The van der Waals surface area contributed by atoms with Gasteiger partial charge < -0.3 is 24.5 Å². The van der Waals surface area contributed by atoms with Gasteiger partial charge in [-0.15, -0.1) is 0 Å². The first-order valence-electron chi connectivity index (χ1n) is 9.94. The van der Waals surface area contributed by atoms with E-state index >= 15 is 0 Å². The van der Waals surface area contributed by atoms with Gasteiger partial charge in [-0.25, -0.2) is 4.98 Å². The molecule has 2 aromatic carbocycles. The first-order chi connectivity index (χ1) is 14.6. The molecular formula is C22H26N4O4. The lowest BCUT2D eigenvalue weighted by molar-refractivity contribution is -0.115. The number of rotatable bonds is 7. The van der Waals surface area contributed by atoms with Crippen LogP contribution in [-0.2, 0) is 22.5 Å². The Kier molecular flexibility index (Phi) is 6.15. The van der Waals surface area contributed by atoms with E-state index in [1.165, 1.54) is 0 Å². The molecule has 0 saturated carbocycles. The Morgan fingerprint density at radius 1 is 1.13 bits per heavy atom. The molecule has 0 atom stereocenters. The van der Waals surface area contributed by atoms with Gasteiger partial charge >= 0.3 is 0 Å². The number of nitrogens with one attached hydrogen (secondary N) is 2. The number of benzene rings is 2. The summed E-state index contributed by atoms with van der Waals surface area (Å²) in [6, 6.07) is 11.2. The van der Waals surface area contributed by atoms with Crippen molar-refractivity contribution in [3.05, 3.63) is 47.8 Å². The molecule has 1 aliphatic rings. The predicted octanol–water partition coefficient (Wildman–Crippen LogP) is 2.59. The number of carbonyl (C=O) groups is 1. The van der Waals surface area contributed by atoms with Gasteiger partial charge in [-0.05, 0) is 35.9 Å². The number of hydrogen-bond acceptors (Lipinski definition) is 6. The summed E-state index contributed by atoms with van der Waals surface area (Å²) in [6.45, 7) is 4.11. The molecule has 4 rings (SSSR count). The first kappa shape index (κ1) is 20.2. The summed E-state index contributed by atoms with van der Waals surface area (Å²) in [5.74, 6) is 2.06. The normalized spacial score (nSPS) is 14.6. The van der Waals surface area contributed by atoms with E-state index in [1.807, 2.05) is 30.3 Å². The van der Waals surface area contributed by atoms with Crippen molar-refractivity contribution in [2.75, 3.05) is 45.8 Å². The second kappa shape index (κ2) is 9.15. The fraction of sp³-hybridized carbons (Fsp3) is 0.364. The Bertz CT molecular complexity index is 1030. The van der Waals surface area contributed by atoms with Crippen molar-refractivity contribution in [3.63, 3.8) is 0 Å². The molecule has 1 aliphatic heterocycles. The van der Waals surface area contributed by atoms with Crippen molar-refractivity contribution >= 4 is 22.6 Å². The van der Waals surface area contributed by atoms with E-state index in [-0.39, 0.29) is 12.3 Å². The van der Waals surface area contributed by atoms with Gasteiger partial charge in [-0.2, -0.15) is 0 Å². The van der Waals surface area contributed by atoms with Crippen molar-refractivity contribution in [1.29, 1.82) is 0 Å². The minimum absolute atomic E-state index is 0.102. The average Bonchev–Trinajstić information content (AvgIpc) is 3.15. The van der Waals surface area contributed by atoms with Crippen molar-refractivity contribution < 1.29 is 19.0 Å². The van der Waals surface area contributed by atoms with Crippen molar-refractivity contribution in [3.8, 4) is 11.5 Å². The van der Waals surface area contributed by atoms with Crippen LogP contribution in [0.3, 0.4) is 0 Å². The minimum atomic E-state index is -0.102. The number of nitrogens with zero attached hydrogens (tertiary/aromatic N) is 2. The van der Waals surface area contributed by atoms with Crippen LogP contribution in [0.2, 0.25) is 0 Å². The van der Waals surface area contributed by atoms with Gasteiger partial charge in [-0.3, -0.25) is 9.69 Å². The highest BCUT2D eigenvalue weighted by Crippen LogP contribution is 2.28. The molecule has 158 valence electrons. The number of hydrogen-bond donors (Lipinski definition) is 2. The summed E-state index contributed by atoms with van der Waals surface area (Å²) in [7, 11) is 3.16. The smallest absolute Gasteiger partial charge is 0.228 e. The molecule has 0 radical (unpaired) electrons. The van der Waals surface area contributed by atoms with Gasteiger partial charge in [-0.1, -0.05) is 6.07 Å². The monoisotopic (exact) mass is 410 g/mol. The van der Waals surface area contributed by atoms with Gasteiger partial charge in [0.15, 0.2) is 11.5 Å². The molecule has 1 fully saturated rings. The fourth-order valence-electron chi connectivity index (χ4n) is 3.57. The van der Waals surface area contributed by atoms with Crippen molar-refractivity contribution in [2.24, 2.45) is 0 Å². The lowest BCUT2D eigenvalue weighted by Crippen LogP contribution is -2.35. The third-order valence-corrected chi connectivity index (χ3v) is 5.10. The molecule has 0 unspecified atom stereocenters. The van der Waals surface area contributed by atoms with Gasteiger partial charge in [0.25, 0.3) is 0 Å². The third kappa shape index (κ3) is 4.72. The Hall–Kier alpha value is -3.10. The van der Waals surface area contributed by atoms with Crippen LogP contribution in [0.15, 0.2) is 36.4 Å². The van der Waals surface area contributed by atoms with Crippen LogP contribution in [-0.4, -0.2) is 61.3 Å². The molecule has 3 aromatic rings. The molecule has 1 saturated heterocycles. The topological polar surface area (TPSA) is 88.7 Å². The maximum atomic E-state index is 12.5. The summed E-state index contributed by atoms with van der Waals surface area (Å²) in [4.78, 5) is 22.8. The molecule has 1 amide bonds. The van der Waals surface area contributed by atoms with Crippen LogP contribution in [0.4, 0.5) is 5.69 Å². The number of aromatic amines is 1. The molecule has 2 heterocycles. The van der Waals surface area contributed by atoms with Crippen LogP contribution < -0.4 is 14.8 Å². The van der Waals surface area contributed by atoms with Crippen LogP contribution in [0.1, 0.15) is 11.4 Å². The highest BCUT2D eigenvalue weighted by atomic mass is 16.5. The number of imidazole rings is 1. The maximum absolute atomic E-state index is 12.5. The van der Waals surface area contributed by atoms with E-state index in [0.29, 0.717) is 11.5 Å². The summed E-state index contributed by atoms with van der Waals surface area (Å²) in [5.41, 5.74) is 3.37. The summed E-state index contributed by atoms with van der Waals surface area (Å²) >= 11 is 0. The number of H-pyrrole nitrogens is 1. The molecule has 0 aliphatic carbocycles. The second-order valence-electron chi connectivity index (χ2n) is 7.22. The number of morpholine rings is 1. The maximum Gasteiger partial charge on any atom is 0.228 e. The van der Waals surface area contributed by atoms with E-state index in [4.69, 9.17) is 14.2 Å². The molecule has 30 heavy (non-hydrogen) atoms. The lowest BCUT2D eigenvalue weighted by atomic mass is 10.1. The van der Waals surface area contributed by atoms with Crippen molar-refractivity contribution in [1.82, 2.24) is 14.9 Å². The van der Waals surface area contributed by atoms with Gasteiger partial charge in [0, 0.05) is 18.8 Å². The quantitative estimate of drug-likeness (QED) is 0.622. The zero-order chi connectivity index (χ0) is 20.9. The van der Waals surface area contributed by atoms with E-state index in [9.17, 15) is 4.79 Å². The van der Waals surface area contributed by atoms with Crippen LogP contribution >= 0.6 is 0 Å². The highest BCUT2D eigenvalue weighted by molar-refractivity contribution is 5.94. The number of amides is 1. The number of carbonyl (C=O) groups excluding carboxylic acids is 1. The Morgan fingerprint density at radius 2 is 1.93 bits per heavy atom. The standard InChI is InChI=1S/C22H26N4O4/c1-28-19-6-3-15(11-20(19)29-2)12-22(27)23-16-4-5-17-18(13-16)25-21(24-17)14-26-7-9-30-10-8-26/h3-6,11,13H,7-10,12,14H2,1-2H3,(H,23,27)(H,24,25). The minimum Gasteiger partial charge on any atom is -0.493 e. The molecule has 2 N–H and O–H groups in total. The van der Waals surface area contributed by atoms with Gasteiger partial charge in [0.1, 0.15) is 5.82 Å². The van der Waals surface area contributed by atoms with E-state index < -0.39 is 0 Å². The number of methoxy groups -OCH3 is 2.